The van der Waals surface area contributed by atoms with Gasteiger partial charge in [-0.05, 0) is 24.3 Å². The van der Waals surface area contributed by atoms with Gasteiger partial charge in [0.1, 0.15) is 12.1 Å². The molecule has 8 heteroatoms. The van der Waals surface area contributed by atoms with Crippen LogP contribution < -0.4 is 10.6 Å². The van der Waals surface area contributed by atoms with Gasteiger partial charge in [0.05, 0.1) is 24.7 Å². The van der Waals surface area contributed by atoms with Crippen LogP contribution in [0.15, 0.2) is 30.0 Å². The van der Waals surface area contributed by atoms with Crippen LogP contribution in [0.25, 0.3) is 11.0 Å². The second-order valence-electron chi connectivity index (χ2n) is 5.83. The summed E-state index contributed by atoms with van der Waals surface area (Å²) in [4.78, 5) is 21.6. The van der Waals surface area contributed by atoms with Crippen LogP contribution in [0.4, 0.5) is 5.82 Å². The van der Waals surface area contributed by atoms with Crippen molar-refractivity contribution in [1.82, 2.24) is 25.1 Å². The molecule has 7 nitrogen and oxygen atoms in total. The molecule has 0 saturated heterocycles. The molecule has 3 aromatic rings. The molecule has 0 spiro atoms. The fraction of sp³-hybridized carbons (Fsp3) is 0.375. The maximum atomic E-state index is 11.7. The van der Waals surface area contributed by atoms with Crippen LogP contribution in [-0.2, 0) is 17.9 Å². The molecule has 4 rings (SSSR count). The molecule has 3 heterocycles. The number of hydrogen-bond acceptors (Lipinski definition) is 6. The Morgan fingerprint density at radius 3 is 3.08 bits per heavy atom. The van der Waals surface area contributed by atoms with Gasteiger partial charge in [-0.1, -0.05) is 6.07 Å². The fourth-order valence-electron chi connectivity index (χ4n) is 2.56. The van der Waals surface area contributed by atoms with E-state index in [9.17, 15) is 4.79 Å². The molecule has 1 aliphatic carbocycles. The molecule has 1 amide bonds. The number of nitrogens with one attached hydrogen (secondary N) is 2. The quantitative estimate of drug-likeness (QED) is 0.686. The third-order valence-electron chi connectivity index (χ3n) is 4.01. The van der Waals surface area contributed by atoms with E-state index in [1.807, 2.05) is 6.07 Å². The zero-order chi connectivity index (χ0) is 16.4. The van der Waals surface area contributed by atoms with E-state index in [0.29, 0.717) is 13.1 Å². The molecule has 1 saturated carbocycles. The normalized spacial score (nSPS) is 14.0. The van der Waals surface area contributed by atoms with Crippen LogP contribution in [-0.4, -0.2) is 32.2 Å². The van der Waals surface area contributed by atoms with Gasteiger partial charge in [-0.3, -0.25) is 4.79 Å². The number of amides is 1. The molecule has 1 fully saturated rings. The van der Waals surface area contributed by atoms with E-state index in [2.05, 4.69) is 37.1 Å². The molecule has 3 aromatic heterocycles. The van der Waals surface area contributed by atoms with Crippen LogP contribution in [0.1, 0.15) is 17.7 Å². The highest BCUT2D eigenvalue weighted by atomic mass is 32.1. The predicted molar refractivity (Wildman–Crippen MR) is 92.7 cm³/mol. The van der Waals surface area contributed by atoms with Crippen molar-refractivity contribution in [3.8, 4) is 0 Å². The maximum absolute atomic E-state index is 11.7. The lowest BCUT2D eigenvalue weighted by Crippen LogP contribution is -2.28. The zero-order valence-corrected chi connectivity index (χ0v) is 13.9. The van der Waals surface area contributed by atoms with Crippen LogP contribution in [0.3, 0.4) is 0 Å². The molecule has 0 atom stereocenters. The average Bonchev–Trinajstić information content (AvgIpc) is 3.17. The van der Waals surface area contributed by atoms with Gasteiger partial charge < -0.3 is 10.6 Å². The van der Waals surface area contributed by atoms with E-state index < -0.39 is 0 Å². The highest BCUT2D eigenvalue weighted by Gasteiger charge is 2.29. The number of hydrogen-bond donors (Lipinski definition) is 2. The van der Waals surface area contributed by atoms with Crippen molar-refractivity contribution in [3.63, 3.8) is 0 Å². The Hall–Kier alpha value is -2.48. The number of aromatic nitrogens is 4. The van der Waals surface area contributed by atoms with Crippen molar-refractivity contribution in [2.75, 3.05) is 11.9 Å². The Bertz CT molecular complexity index is 840. The molecule has 0 aliphatic heterocycles. The Morgan fingerprint density at radius 2 is 2.29 bits per heavy atom. The van der Waals surface area contributed by atoms with Crippen molar-refractivity contribution in [3.05, 3.63) is 34.9 Å². The molecular formula is C16H18N6OS. The molecule has 124 valence electrons. The third-order valence-corrected chi connectivity index (χ3v) is 4.89. The first kappa shape index (κ1) is 15.1. The summed E-state index contributed by atoms with van der Waals surface area (Å²) in [5, 5.41) is 13.6. The molecule has 24 heavy (non-hydrogen) atoms. The van der Waals surface area contributed by atoms with Gasteiger partial charge in [0.2, 0.25) is 5.91 Å². The topological polar surface area (TPSA) is 84.7 Å². The van der Waals surface area contributed by atoms with E-state index in [0.717, 1.165) is 36.2 Å². The molecule has 0 radical (unpaired) electrons. The Morgan fingerprint density at radius 1 is 1.38 bits per heavy atom. The van der Waals surface area contributed by atoms with Gasteiger partial charge in [0.25, 0.3) is 0 Å². The minimum absolute atomic E-state index is 0.152. The monoisotopic (exact) mass is 342 g/mol. The molecule has 0 aromatic carbocycles. The van der Waals surface area contributed by atoms with Crippen molar-refractivity contribution < 1.29 is 4.79 Å². The van der Waals surface area contributed by atoms with Crippen molar-refractivity contribution in [1.29, 1.82) is 0 Å². The average molecular weight is 342 g/mol. The van der Waals surface area contributed by atoms with Gasteiger partial charge >= 0.3 is 0 Å². The first-order valence-electron chi connectivity index (χ1n) is 8.02. The number of carbonyl (C=O) groups excluding carboxylic acids is 1. The summed E-state index contributed by atoms with van der Waals surface area (Å²) >= 11 is 1.71. The zero-order valence-electron chi connectivity index (χ0n) is 13.1. The first-order valence-corrected chi connectivity index (χ1v) is 8.90. The van der Waals surface area contributed by atoms with Crippen molar-refractivity contribution in [2.24, 2.45) is 5.92 Å². The van der Waals surface area contributed by atoms with Gasteiger partial charge in [0.15, 0.2) is 5.65 Å². The highest BCUT2D eigenvalue weighted by molar-refractivity contribution is 7.09. The lowest BCUT2D eigenvalue weighted by atomic mass is 10.3. The van der Waals surface area contributed by atoms with Gasteiger partial charge in [-0.15, -0.1) is 11.3 Å². The summed E-state index contributed by atoms with van der Waals surface area (Å²) in [6.45, 7) is 1.89. The lowest BCUT2D eigenvalue weighted by Gasteiger charge is -2.07. The Balaban J connectivity index is 1.43. The van der Waals surface area contributed by atoms with Gasteiger partial charge in [-0.2, -0.15) is 5.10 Å². The lowest BCUT2D eigenvalue weighted by molar-refractivity contribution is -0.122. The summed E-state index contributed by atoms with van der Waals surface area (Å²) in [6.07, 6.45) is 5.35. The smallest absolute Gasteiger partial charge is 0.223 e. The molecule has 2 N–H and O–H groups in total. The third kappa shape index (κ3) is 3.23. The minimum Gasteiger partial charge on any atom is -0.364 e. The summed E-state index contributed by atoms with van der Waals surface area (Å²) in [5.74, 6) is 1.16. The Labute approximate surface area is 143 Å². The minimum atomic E-state index is 0.152. The van der Waals surface area contributed by atoms with E-state index in [1.54, 1.807) is 28.5 Å². The molecule has 1 aliphatic rings. The van der Waals surface area contributed by atoms with Crippen LogP contribution in [0, 0.1) is 5.92 Å². The summed E-state index contributed by atoms with van der Waals surface area (Å²) in [7, 11) is 0. The van der Waals surface area contributed by atoms with Crippen LogP contribution >= 0.6 is 11.3 Å². The molecular weight excluding hydrogens is 324 g/mol. The number of anilines is 1. The van der Waals surface area contributed by atoms with Gasteiger partial charge in [0, 0.05) is 17.3 Å². The van der Waals surface area contributed by atoms with Crippen molar-refractivity contribution >= 4 is 34.1 Å². The van der Waals surface area contributed by atoms with E-state index in [4.69, 9.17) is 0 Å². The van der Waals surface area contributed by atoms with Crippen LogP contribution in [0.5, 0.6) is 0 Å². The standard InChI is InChI=1S/C16H18N6OS/c23-16(11-3-4-11)17-5-6-22-15-13(9-21-22)14(19-10-20-15)18-8-12-2-1-7-24-12/h1-2,7,9-11H,3-6,8H2,(H,17,23)(H,18,19,20). The summed E-state index contributed by atoms with van der Waals surface area (Å²) in [6, 6.07) is 4.12. The molecule has 0 unspecified atom stereocenters. The summed E-state index contributed by atoms with van der Waals surface area (Å²) < 4.78 is 1.81. The Kier molecular flexibility index (Phi) is 4.12. The van der Waals surface area contributed by atoms with Gasteiger partial charge in [-0.25, -0.2) is 14.6 Å². The number of fused-ring (bicyclic) bond motifs is 1. The summed E-state index contributed by atoms with van der Waals surface area (Å²) in [5.41, 5.74) is 0.777. The SMILES string of the molecule is O=C(NCCn1ncc2c(NCc3cccs3)ncnc21)C1CC1. The molecule has 0 bridgehead atoms. The second kappa shape index (κ2) is 6.56. The maximum Gasteiger partial charge on any atom is 0.223 e. The van der Waals surface area contributed by atoms with E-state index in [-0.39, 0.29) is 11.8 Å². The number of thiophene rings is 1. The highest BCUT2D eigenvalue weighted by Crippen LogP contribution is 2.28. The number of nitrogens with zero attached hydrogens (tertiary/aromatic N) is 4. The van der Waals surface area contributed by atoms with Crippen LogP contribution in [0.2, 0.25) is 0 Å². The largest absolute Gasteiger partial charge is 0.364 e. The van der Waals surface area contributed by atoms with E-state index in [1.165, 1.54) is 4.88 Å². The second-order valence-corrected chi connectivity index (χ2v) is 6.86. The number of carbonyl (C=O) groups is 1. The predicted octanol–water partition coefficient (Wildman–Crippen LogP) is 2.03. The fourth-order valence-corrected chi connectivity index (χ4v) is 3.20. The first-order chi connectivity index (χ1) is 11.8. The van der Waals surface area contributed by atoms with Crippen molar-refractivity contribution in [2.45, 2.75) is 25.9 Å². The van der Waals surface area contributed by atoms with E-state index >= 15 is 0 Å². The number of rotatable bonds is 7.